The lowest BCUT2D eigenvalue weighted by Crippen LogP contribution is -2.43. The predicted octanol–water partition coefficient (Wildman–Crippen LogP) is 4.83. The fraction of sp³-hybridized carbons (Fsp3) is 0.458. The van der Waals surface area contributed by atoms with Crippen LogP contribution in [0.4, 0.5) is 5.69 Å². The Kier molecular flexibility index (Phi) is 7.40. The molecule has 1 aliphatic heterocycles. The van der Waals surface area contributed by atoms with Gasteiger partial charge in [0, 0.05) is 35.0 Å². The SMILES string of the molecule is COc1ccccc1C1OCCCNCC(=O)N(CC(C)(C)C)c2ccc(Cl)cc21. The number of anilines is 1. The van der Waals surface area contributed by atoms with Crippen molar-refractivity contribution in [1.82, 2.24) is 5.32 Å². The van der Waals surface area contributed by atoms with Crippen LogP contribution >= 0.6 is 11.6 Å². The molecule has 30 heavy (non-hydrogen) atoms. The van der Waals surface area contributed by atoms with Gasteiger partial charge in [0.1, 0.15) is 11.9 Å². The predicted molar refractivity (Wildman–Crippen MR) is 122 cm³/mol. The molecule has 1 aliphatic rings. The largest absolute Gasteiger partial charge is 0.496 e. The maximum absolute atomic E-state index is 13.2. The molecule has 6 heteroatoms. The van der Waals surface area contributed by atoms with Gasteiger partial charge in [0.15, 0.2) is 0 Å². The van der Waals surface area contributed by atoms with Crippen molar-refractivity contribution in [2.24, 2.45) is 5.41 Å². The van der Waals surface area contributed by atoms with E-state index < -0.39 is 6.10 Å². The zero-order valence-electron chi connectivity index (χ0n) is 18.2. The summed E-state index contributed by atoms with van der Waals surface area (Å²) in [5, 5.41) is 3.85. The summed E-state index contributed by atoms with van der Waals surface area (Å²) in [5.74, 6) is 0.782. The van der Waals surface area contributed by atoms with Gasteiger partial charge in [0.25, 0.3) is 0 Å². The van der Waals surface area contributed by atoms with E-state index in [1.54, 1.807) is 7.11 Å². The van der Waals surface area contributed by atoms with Gasteiger partial charge in [-0.2, -0.15) is 0 Å². The lowest BCUT2D eigenvalue weighted by Gasteiger charge is -2.33. The molecule has 0 saturated heterocycles. The molecule has 0 aromatic heterocycles. The summed E-state index contributed by atoms with van der Waals surface area (Å²) < 4.78 is 12.0. The Morgan fingerprint density at radius 2 is 1.97 bits per heavy atom. The van der Waals surface area contributed by atoms with Crippen LogP contribution in [0.5, 0.6) is 5.75 Å². The van der Waals surface area contributed by atoms with Crippen LogP contribution in [0.2, 0.25) is 5.02 Å². The first-order valence-electron chi connectivity index (χ1n) is 10.4. The summed E-state index contributed by atoms with van der Waals surface area (Å²) >= 11 is 6.42. The number of carbonyl (C=O) groups is 1. The second-order valence-electron chi connectivity index (χ2n) is 8.77. The van der Waals surface area contributed by atoms with Crippen LogP contribution in [0, 0.1) is 5.41 Å². The van der Waals surface area contributed by atoms with Crippen LogP contribution in [0.3, 0.4) is 0 Å². The molecule has 0 spiro atoms. The normalized spacial score (nSPS) is 18.5. The Bertz CT molecular complexity index is 879. The van der Waals surface area contributed by atoms with Crippen LogP contribution in [0.1, 0.15) is 44.4 Å². The zero-order chi connectivity index (χ0) is 21.7. The van der Waals surface area contributed by atoms with Crippen molar-refractivity contribution in [3.63, 3.8) is 0 Å². The molecular formula is C24H31ClN2O3. The fourth-order valence-electron chi connectivity index (χ4n) is 3.68. The smallest absolute Gasteiger partial charge is 0.240 e. The van der Waals surface area contributed by atoms with E-state index in [9.17, 15) is 4.79 Å². The third kappa shape index (κ3) is 5.54. The highest BCUT2D eigenvalue weighted by Gasteiger charge is 2.29. The molecule has 0 fully saturated rings. The Morgan fingerprint density at radius 1 is 1.20 bits per heavy atom. The first-order valence-corrected chi connectivity index (χ1v) is 10.7. The fourth-order valence-corrected chi connectivity index (χ4v) is 3.86. The number of nitrogens with zero attached hydrogens (tertiary/aromatic N) is 1. The van der Waals surface area contributed by atoms with Gasteiger partial charge in [-0.1, -0.05) is 50.6 Å². The second-order valence-corrected chi connectivity index (χ2v) is 9.20. The third-order valence-corrected chi connectivity index (χ3v) is 5.21. The third-order valence-electron chi connectivity index (χ3n) is 4.98. The van der Waals surface area contributed by atoms with Gasteiger partial charge in [0.2, 0.25) is 5.91 Å². The molecule has 1 atom stereocenters. The Hall–Kier alpha value is -2.08. The highest BCUT2D eigenvalue weighted by atomic mass is 35.5. The first kappa shape index (κ1) is 22.6. The van der Waals surface area contributed by atoms with Gasteiger partial charge < -0.3 is 19.7 Å². The molecule has 1 N–H and O–H groups in total. The number of fused-ring (bicyclic) bond motifs is 1. The van der Waals surface area contributed by atoms with Gasteiger partial charge in [-0.25, -0.2) is 0 Å². The van der Waals surface area contributed by atoms with Crippen LogP contribution < -0.4 is 15.0 Å². The lowest BCUT2D eigenvalue weighted by molar-refractivity contribution is -0.118. The topological polar surface area (TPSA) is 50.8 Å². The number of amides is 1. The van der Waals surface area contributed by atoms with Crippen molar-refractivity contribution < 1.29 is 14.3 Å². The molecule has 1 amide bonds. The number of hydrogen-bond acceptors (Lipinski definition) is 4. The van der Waals surface area contributed by atoms with Crippen molar-refractivity contribution >= 4 is 23.2 Å². The van der Waals surface area contributed by atoms with Gasteiger partial charge in [-0.15, -0.1) is 0 Å². The second kappa shape index (κ2) is 9.82. The quantitative estimate of drug-likeness (QED) is 0.757. The first-order chi connectivity index (χ1) is 14.3. The number of carbonyl (C=O) groups excluding carboxylic acids is 1. The number of nitrogens with one attached hydrogen (secondary N) is 1. The molecule has 1 heterocycles. The molecular weight excluding hydrogens is 400 g/mol. The number of benzene rings is 2. The van der Waals surface area contributed by atoms with Crippen LogP contribution in [0.25, 0.3) is 0 Å². The summed E-state index contributed by atoms with van der Waals surface area (Å²) in [6, 6.07) is 13.5. The van der Waals surface area contributed by atoms with E-state index in [1.165, 1.54) is 0 Å². The molecule has 0 saturated carbocycles. The number of hydrogen-bond donors (Lipinski definition) is 1. The van der Waals surface area contributed by atoms with Crippen molar-refractivity contribution in [3.8, 4) is 5.75 Å². The summed E-state index contributed by atoms with van der Waals surface area (Å²) in [4.78, 5) is 15.1. The Balaban J connectivity index is 2.19. The minimum Gasteiger partial charge on any atom is -0.496 e. The maximum Gasteiger partial charge on any atom is 0.240 e. The minimum absolute atomic E-state index is 0.0363. The Morgan fingerprint density at radius 3 is 2.70 bits per heavy atom. The molecule has 0 radical (unpaired) electrons. The molecule has 0 aliphatic carbocycles. The monoisotopic (exact) mass is 430 g/mol. The van der Waals surface area contributed by atoms with Gasteiger partial charge in [-0.05, 0) is 42.6 Å². The van der Waals surface area contributed by atoms with Gasteiger partial charge >= 0.3 is 0 Å². The van der Waals surface area contributed by atoms with Crippen molar-refractivity contribution in [3.05, 3.63) is 58.6 Å². The molecule has 162 valence electrons. The summed E-state index contributed by atoms with van der Waals surface area (Å²) in [7, 11) is 1.66. The number of rotatable bonds is 3. The van der Waals surface area contributed by atoms with Gasteiger partial charge in [0.05, 0.1) is 13.7 Å². The number of methoxy groups -OCH3 is 1. The number of ether oxygens (including phenoxy) is 2. The number of para-hydroxylation sites is 1. The standard InChI is InChI=1S/C24H31ClN2O3/c1-24(2,3)16-27-20-11-10-17(25)14-19(20)23(18-8-5-6-9-21(18)29-4)30-13-7-12-26-15-22(27)28/h5-6,8-11,14,23,26H,7,12-13,15-16H2,1-4H3. The van der Waals surface area contributed by atoms with E-state index in [0.717, 1.165) is 29.0 Å². The van der Waals surface area contributed by atoms with Crippen LogP contribution in [-0.2, 0) is 9.53 Å². The Labute approximate surface area is 184 Å². The molecule has 3 rings (SSSR count). The molecule has 0 bridgehead atoms. The number of halogens is 1. The van der Waals surface area contributed by atoms with Crippen molar-refractivity contribution in [1.29, 1.82) is 0 Å². The summed E-state index contributed by atoms with van der Waals surface area (Å²) in [5.41, 5.74) is 2.53. The highest BCUT2D eigenvalue weighted by Crippen LogP contribution is 2.40. The van der Waals surface area contributed by atoms with E-state index in [2.05, 4.69) is 26.1 Å². The highest BCUT2D eigenvalue weighted by molar-refractivity contribution is 6.30. The molecule has 2 aromatic carbocycles. The molecule has 5 nitrogen and oxygen atoms in total. The summed E-state index contributed by atoms with van der Waals surface area (Å²) in [6.45, 7) is 8.52. The molecule has 2 aromatic rings. The van der Waals surface area contributed by atoms with Crippen molar-refractivity contribution in [2.75, 3.05) is 38.3 Å². The average molecular weight is 431 g/mol. The average Bonchev–Trinajstić information content (AvgIpc) is 2.73. The van der Waals surface area contributed by atoms with E-state index >= 15 is 0 Å². The van der Waals surface area contributed by atoms with E-state index in [1.807, 2.05) is 47.4 Å². The van der Waals surface area contributed by atoms with E-state index in [-0.39, 0.29) is 17.9 Å². The summed E-state index contributed by atoms with van der Waals surface area (Å²) in [6.07, 6.45) is 0.400. The van der Waals surface area contributed by atoms with Crippen molar-refractivity contribution in [2.45, 2.75) is 33.3 Å². The molecule has 1 unspecified atom stereocenters. The van der Waals surface area contributed by atoms with Crippen LogP contribution in [0.15, 0.2) is 42.5 Å². The lowest BCUT2D eigenvalue weighted by atomic mass is 9.93. The van der Waals surface area contributed by atoms with E-state index in [4.69, 9.17) is 21.1 Å². The maximum atomic E-state index is 13.2. The minimum atomic E-state index is -0.400. The van der Waals surface area contributed by atoms with Crippen LogP contribution in [-0.4, -0.2) is 39.3 Å². The van der Waals surface area contributed by atoms with Gasteiger partial charge in [-0.3, -0.25) is 4.79 Å². The zero-order valence-corrected chi connectivity index (χ0v) is 19.0. The van der Waals surface area contributed by atoms with E-state index in [0.29, 0.717) is 24.7 Å².